The van der Waals surface area contributed by atoms with Crippen LogP contribution in [0.5, 0.6) is 0 Å². The van der Waals surface area contributed by atoms with E-state index >= 15 is 0 Å². The average molecular weight is 236 g/mol. The molecule has 0 unspecified atom stereocenters. The van der Waals surface area contributed by atoms with E-state index in [1.54, 1.807) is 0 Å². The van der Waals surface area contributed by atoms with Crippen molar-refractivity contribution in [2.75, 3.05) is 0 Å². The molecule has 0 heterocycles. The van der Waals surface area contributed by atoms with Gasteiger partial charge in [0.05, 0.1) is 16.7 Å². The third-order valence-corrected chi connectivity index (χ3v) is 2.10. The first-order valence-corrected chi connectivity index (χ1v) is 4.38. The Morgan fingerprint density at radius 3 is 1.65 bits per heavy atom. The van der Waals surface area contributed by atoms with Crippen LogP contribution in [0.2, 0.25) is 0 Å². The maximum Gasteiger partial charge on any atom is 0.336 e. The molecule has 0 aromatic heterocycles. The van der Waals surface area contributed by atoms with Crippen molar-refractivity contribution < 1.29 is 29.7 Å². The van der Waals surface area contributed by atoms with Gasteiger partial charge in [0.1, 0.15) is 0 Å². The largest absolute Gasteiger partial charge is 0.478 e. The van der Waals surface area contributed by atoms with Crippen molar-refractivity contribution in [1.82, 2.24) is 0 Å². The van der Waals surface area contributed by atoms with Crippen molar-refractivity contribution in [2.24, 2.45) is 0 Å². The molecular formula is C11H8O6. The van der Waals surface area contributed by atoms with Crippen LogP contribution in [0, 0.1) is 0 Å². The third-order valence-electron chi connectivity index (χ3n) is 2.10. The zero-order chi connectivity index (χ0) is 13.2. The van der Waals surface area contributed by atoms with Crippen LogP contribution >= 0.6 is 0 Å². The Labute approximate surface area is 95.4 Å². The Morgan fingerprint density at radius 2 is 1.29 bits per heavy atom. The highest BCUT2D eigenvalue weighted by Gasteiger charge is 2.20. The van der Waals surface area contributed by atoms with E-state index in [1.807, 2.05) is 0 Å². The van der Waals surface area contributed by atoms with Crippen LogP contribution in [0.25, 0.3) is 6.08 Å². The fourth-order valence-corrected chi connectivity index (χ4v) is 1.32. The highest BCUT2D eigenvalue weighted by Crippen LogP contribution is 2.19. The monoisotopic (exact) mass is 236 g/mol. The Hall–Kier alpha value is -2.63. The summed E-state index contributed by atoms with van der Waals surface area (Å²) < 4.78 is 0. The van der Waals surface area contributed by atoms with Crippen LogP contribution in [0.15, 0.2) is 18.7 Å². The molecular weight excluding hydrogens is 228 g/mol. The second-order valence-electron chi connectivity index (χ2n) is 3.10. The van der Waals surface area contributed by atoms with Crippen LogP contribution in [-0.2, 0) is 0 Å². The number of hydrogen-bond acceptors (Lipinski definition) is 3. The van der Waals surface area contributed by atoms with Crippen LogP contribution in [0.4, 0.5) is 0 Å². The lowest BCUT2D eigenvalue weighted by Gasteiger charge is -2.06. The van der Waals surface area contributed by atoms with Crippen LogP contribution in [0.1, 0.15) is 36.6 Å². The Morgan fingerprint density at radius 1 is 0.882 bits per heavy atom. The van der Waals surface area contributed by atoms with Crippen LogP contribution in [0.3, 0.4) is 0 Å². The maximum atomic E-state index is 10.8. The minimum Gasteiger partial charge on any atom is -0.478 e. The summed E-state index contributed by atoms with van der Waals surface area (Å²) in [6.07, 6.45) is 1.15. The molecule has 88 valence electrons. The average Bonchev–Trinajstić information content (AvgIpc) is 2.26. The smallest absolute Gasteiger partial charge is 0.336 e. The first kappa shape index (κ1) is 12.4. The Balaban J connectivity index is 3.65. The lowest BCUT2D eigenvalue weighted by Crippen LogP contribution is -2.12. The van der Waals surface area contributed by atoms with Gasteiger partial charge in [-0.05, 0) is 17.7 Å². The molecule has 6 nitrogen and oxygen atoms in total. The van der Waals surface area contributed by atoms with Crippen molar-refractivity contribution in [2.45, 2.75) is 0 Å². The summed E-state index contributed by atoms with van der Waals surface area (Å²) in [6, 6.07) is 1.79. The van der Waals surface area contributed by atoms with Gasteiger partial charge < -0.3 is 15.3 Å². The van der Waals surface area contributed by atoms with Gasteiger partial charge in [0.25, 0.3) is 0 Å². The number of carbonyl (C=O) groups is 3. The predicted octanol–water partition coefficient (Wildman–Crippen LogP) is 1.42. The SMILES string of the molecule is C=Cc1cc(C(=O)O)c(C(=O)O)cc1C(=O)O. The zero-order valence-electron chi connectivity index (χ0n) is 8.51. The quantitative estimate of drug-likeness (QED) is 0.728. The van der Waals surface area contributed by atoms with Crippen molar-refractivity contribution in [1.29, 1.82) is 0 Å². The molecule has 3 N–H and O–H groups in total. The minimum absolute atomic E-state index is 0.0555. The molecule has 0 aliphatic rings. The van der Waals surface area contributed by atoms with E-state index in [9.17, 15) is 14.4 Å². The molecule has 0 saturated carbocycles. The standard InChI is InChI=1S/C11H8O6/c1-2-5-3-7(10(14)15)8(11(16)17)4-6(5)9(12)13/h2-4H,1H2,(H,12,13)(H,14,15)(H,16,17). The number of hydrogen-bond donors (Lipinski definition) is 3. The summed E-state index contributed by atoms with van der Waals surface area (Å²) in [4.78, 5) is 32.5. The molecule has 0 atom stereocenters. The Kier molecular flexibility index (Phi) is 3.28. The maximum absolute atomic E-state index is 10.8. The lowest BCUT2D eigenvalue weighted by molar-refractivity contribution is 0.0649. The minimum atomic E-state index is -1.50. The molecule has 1 aromatic rings. The van der Waals surface area contributed by atoms with Gasteiger partial charge in [-0.3, -0.25) is 0 Å². The molecule has 0 radical (unpaired) electrons. The van der Waals surface area contributed by atoms with Crippen LogP contribution in [-0.4, -0.2) is 33.2 Å². The fourth-order valence-electron chi connectivity index (χ4n) is 1.32. The highest BCUT2D eigenvalue weighted by molar-refractivity contribution is 6.05. The van der Waals surface area contributed by atoms with Crippen molar-refractivity contribution in [3.05, 3.63) is 41.0 Å². The molecule has 0 amide bonds. The zero-order valence-corrected chi connectivity index (χ0v) is 8.51. The second-order valence-corrected chi connectivity index (χ2v) is 3.10. The molecule has 1 rings (SSSR count). The topological polar surface area (TPSA) is 112 Å². The molecule has 0 fully saturated rings. The summed E-state index contributed by atoms with van der Waals surface area (Å²) in [5.41, 5.74) is -1.29. The Bertz CT molecular complexity index is 529. The highest BCUT2D eigenvalue weighted by atomic mass is 16.4. The number of aromatic carboxylic acids is 3. The van der Waals surface area contributed by atoms with Gasteiger partial charge in [-0.25, -0.2) is 14.4 Å². The van der Waals surface area contributed by atoms with E-state index in [0.717, 1.165) is 18.2 Å². The van der Waals surface area contributed by atoms with Gasteiger partial charge in [-0.1, -0.05) is 12.7 Å². The fraction of sp³-hybridized carbons (Fsp3) is 0. The molecule has 0 saturated heterocycles. The molecule has 0 aliphatic heterocycles. The van der Waals surface area contributed by atoms with E-state index in [4.69, 9.17) is 15.3 Å². The predicted molar refractivity (Wildman–Crippen MR) is 57.4 cm³/mol. The normalized spacial score (nSPS) is 9.65. The van der Waals surface area contributed by atoms with E-state index in [1.165, 1.54) is 0 Å². The van der Waals surface area contributed by atoms with Crippen molar-refractivity contribution >= 4 is 24.0 Å². The molecule has 1 aromatic carbocycles. The van der Waals surface area contributed by atoms with E-state index < -0.39 is 29.0 Å². The first-order chi connectivity index (χ1) is 7.88. The molecule has 0 bridgehead atoms. The summed E-state index contributed by atoms with van der Waals surface area (Å²) in [5, 5.41) is 26.5. The first-order valence-electron chi connectivity index (χ1n) is 4.38. The van der Waals surface area contributed by atoms with E-state index in [2.05, 4.69) is 6.58 Å². The molecule has 0 spiro atoms. The van der Waals surface area contributed by atoms with E-state index in [0.29, 0.717) is 0 Å². The van der Waals surface area contributed by atoms with Gasteiger partial charge in [0.2, 0.25) is 0 Å². The van der Waals surface area contributed by atoms with Gasteiger partial charge in [0.15, 0.2) is 0 Å². The summed E-state index contributed by atoms with van der Waals surface area (Å²) in [5.74, 6) is -4.29. The molecule has 6 heteroatoms. The van der Waals surface area contributed by atoms with E-state index in [-0.39, 0.29) is 11.1 Å². The van der Waals surface area contributed by atoms with Gasteiger partial charge in [-0.2, -0.15) is 0 Å². The lowest BCUT2D eigenvalue weighted by atomic mass is 9.98. The summed E-state index contributed by atoms with van der Waals surface area (Å²) in [6.45, 7) is 3.35. The van der Waals surface area contributed by atoms with Gasteiger partial charge in [-0.15, -0.1) is 0 Å². The van der Waals surface area contributed by atoms with Crippen molar-refractivity contribution in [3.63, 3.8) is 0 Å². The number of carboxylic acids is 3. The van der Waals surface area contributed by atoms with Gasteiger partial charge >= 0.3 is 17.9 Å². The molecule has 17 heavy (non-hydrogen) atoms. The van der Waals surface area contributed by atoms with Crippen LogP contribution < -0.4 is 0 Å². The number of rotatable bonds is 4. The summed E-state index contributed by atoms with van der Waals surface area (Å²) in [7, 11) is 0. The number of benzene rings is 1. The second kappa shape index (κ2) is 4.48. The number of carboxylic acid groups (broad SMARTS) is 3. The van der Waals surface area contributed by atoms with Crippen molar-refractivity contribution in [3.8, 4) is 0 Å². The van der Waals surface area contributed by atoms with Gasteiger partial charge in [0, 0.05) is 0 Å². The third kappa shape index (κ3) is 2.31. The molecule has 0 aliphatic carbocycles. The summed E-state index contributed by atoms with van der Waals surface area (Å²) >= 11 is 0.